The molecule has 0 aliphatic carbocycles. The van der Waals surface area contributed by atoms with Crippen molar-refractivity contribution in [2.24, 2.45) is 0 Å². The van der Waals surface area contributed by atoms with E-state index in [1.165, 1.54) is 6.08 Å². The highest BCUT2D eigenvalue weighted by molar-refractivity contribution is 5.87. The van der Waals surface area contributed by atoms with Crippen molar-refractivity contribution in [3.63, 3.8) is 0 Å². The molecule has 0 atom stereocenters. The maximum absolute atomic E-state index is 11.3. The molecule has 0 aromatic heterocycles. The molecule has 16 heavy (non-hydrogen) atoms. The van der Waals surface area contributed by atoms with Gasteiger partial charge in [0.1, 0.15) is 0 Å². The van der Waals surface area contributed by atoms with Crippen molar-refractivity contribution in [3.05, 3.63) is 25.3 Å². The Morgan fingerprint density at radius 2 is 1.94 bits per heavy atom. The number of carbonyl (C=O) groups is 1. The normalized spacial score (nSPS) is 9.81. The van der Waals surface area contributed by atoms with Gasteiger partial charge in [-0.3, -0.25) is 4.79 Å². The van der Waals surface area contributed by atoms with Crippen molar-refractivity contribution in [1.82, 2.24) is 4.90 Å². The first-order chi connectivity index (χ1) is 7.76. The van der Waals surface area contributed by atoms with Gasteiger partial charge in [-0.25, -0.2) is 0 Å². The van der Waals surface area contributed by atoms with Crippen molar-refractivity contribution in [1.29, 1.82) is 0 Å². The summed E-state index contributed by atoms with van der Waals surface area (Å²) >= 11 is 0. The molecule has 0 aromatic carbocycles. The van der Waals surface area contributed by atoms with Crippen molar-refractivity contribution in [2.45, 2.75) is 6.92 Å². The predicted molar refractivity (Wildman–Crippen MR) is 64.3 cm³/mol. The number of hydrogen-bond donors (Lipinski definition) is 0. The van der Waals surface area contributed by atoms with Crippen LogP contribution in [0.2, 0.25) is 0 Å². The van der Waals surface area contributed by atoms with E-state index in [1.54, 1.807) is 11.0 Å². The number of nitrogens with zero attached hydrogens (tertiary/aromatic N) is 1. The lowest BCUT2D eigenvalue weighted by atomic mass is 10.4. The first-order valence-electron chi connectivity index (χ1n) is 5.44. The van der Waals surface area contributed by atoms with E-state index in [9.17, 15) is 4.79 Å². The maximum Gasteiger partial charge on any atom is 0.246 e. The van der Waals surface area contributed by atoms with Crippen LogP contribution in [0, 0.1) is 0 Å². The highest BCUT2D eigenvalue weighted by Gasteiger charge is 2.07. The van der Waals surface area contributed by atoms with Crippen molar-refractivity contribution >= 4 is 5.91 Å². The zero-order valence-corrected chi connectivity index (χ0v) is 9.98. The minimum atomic E-state index is -0.103. The summed E-state index contributed by atoms with van der Waals surface area (Å²) in [6.07, 6.45) is 2.98. The van der Waals surface area contributed by atoms with E-state index in [0.29, 0.717) is 39.5 Å². The Hall–Kier alpha value is -1.13. The van der Waals surface area contributed by atoms with Crippen LogP contribution >= 0.6 is 0 Å². The molecule has 0 N–H and O–H groups in total. The standard InChI is InChI=1S/C12H21NO3/c1-4-7-13(12(14)5-2)8-9-16-11-10-15-6-3/h4-5H,1-2,6-11H2,3H3. The topological polar surface area (TPSA) is 38.8 Å². The molecule has 0 radical (unpaired) electrons. The molecule has 0 aliphatic heterocycles. The van der Waals surface area contributed by atoms with Crippen molar-refractivity contribution in [2.75, 3.05) is 39.5 Å². The largest absolute Gasteiger partial charge is 0.379 e. The van der Waals surface area contributed by atoms with Gasteiger partial charge in [-0.05, 0) is 13.0 Å². The van der Waals surface area contributed by atoms with E-state index in [0.717, 1.165) is 0 Å². The summed E-state index contributed by atoms with van der Waals surface area (Å²) in [5, 5.41) is 0. The summed E-state index contributed by atoms with van der Waals surface area (Å²) in [7, 11) is 0. The molecule has 0 fully saturated rings. The van der Waals surface area contributed by atoms with E-state index < -0.39 is 0 Å². The molecule has 0 rings (SSSR count). The molecule has 0 aromatic rings. The van der Waals surface area contributed by atoms with Crippen LogP contribution in [0.25, 0.3) is 0 Å². The van der Waals surface area contributed by atoms with Crippen LogP contribution < -0.4 is 0 Å². The third kappa shape index (κ3) is 7.20. The number of amides is 1. The number of ether oxygens (including phenoxy) is 2. The van der Waals surface area contributed by atoms with Gasteiger partial charge in [-0.1, -0.05) is 12.7 Å². The highest BCUT2D eigenvalue weighted by Crippen LogP contribution is 1.92. The number of hydrogen-bond acceptors (Lipinski definition) is 3. The third-order valence-corrected chi connectivity index (χ3v) is 1.92. The van der Waals surface area contributed by atoms with Gasteiger partial charge < -0.3 is 14.4 Å². The lowest BCUT2D eigenvalue weighted by Crippen LogP contribution is -2.33. The van der Waals surface area contributed by atoms with Gasteiger partial charge in [0.2, 0.25) is 5.91 Å². The van der Waals surface area contributed by atoms with Crippen LogP contribution in [-0.4, -0.2) is 50.3 Å². The minimum Gasteiger partial charge on any atom is -0.379 e. The van der Waals surface area contributed by atoms with E-state index in [-0.39, 0.29) is 5.91 Å². The predicted octanol–water partition coefficient (Wildman–Crippen LogP) is 1.24. The molecule has 0 bridgehead atoms. The molecular formula is C12H21NO3. The Morgan fingerprint density at radius 3 is 2.50 bits per heavy atom. The first kappa shape index (κ1) is 14.9. The zero-order chi connectivity index (χ0) is 12.2. The second-order valence-electron chi connectivity index (χ2n) is 3.09. The van der Waals surface area contributed by atoms with Crippen LogP contribution in [0.4, 0.5) is 0 Å². The van der Waals surface area contributed by atoms with Gasteiger partial charge in [0.05, 0.1) is 19.8 Å². The van der Waals surface area contributed by atoms with Crippen LogP contribution in [0.15, 0.2) is 25.3 Å². The Balaban J connectivity index is 3.63. The number of carbonyl (C=O) groups excluding carboxylic acids is 1. The minimum absolute atomic E-state index is 0.103. The Labute approximate surface area is 97.5 Å². The molecule has 0 saturated heterocycles. The number of rotatable bonds is 10. The second-order valence-corrected chi connectivity index (χ2v) is 3.09. The zero-order valence-electron chi connectivity index (χ0n) is 9.98. The fourth-order valence-corrected chi connectivity index (χ4v) is 1.12. The summed E-state index contributed by atoms with van der Waals surface area (Å²) in [5.41, 5.74) is 0. The summed E-state index contributed by atoms with van der Waals surface area (Å²) in [6, 6.07) is 0. The quantitative estimate of drug-likeness (QED) is 0.320. The Morgan fingerprint density at radius 1 is 1.25 bits per heavy atom. The van der Waals surface area contributed by atoms with E-state index in [2.05, 4.69) is 13.2 Å². The second kappa shape index (κ2) is 10.4. The molecule has 0 unspecified atom stereocenters. The smallest absolute Gasteiger partial charge is 0.246 e. The fraction of sp³-hybridized carbons (Fsp3) is 0.583. The molecule has 0 heterocycles. The molecule has 0 saturated carbocycles. The average molecular weight is 227 g/mol. The van der Waals surface area contributed by atoms with Crippen LogP contribution in [0.5, 0.6) is 0 Å². The highest BCUT2D eigenvalue weighted by atomic mass is 16.5. The van der Waals surface area contributed by atoms with Crippen LogP contribution in [-0.2, 0) is 14.3 Å². The Kier molecular flexibility index (Phi) is 9.66. The van der Waals surface area contributed by atoms with Crippen LogP contribution in [0.3, 0.4) is 0 Å². The van der Waals surface area contributed by atoms with Crippen molar-refractivity contribution < 1.29 is 14.3 Å². The molecule has 1 amide bonds. The molecule has 0 aliphatic rings. The van der Waals surface area contributed by atoms with Gasteiger partial charge in [-0.2, -0.15) is 0 Å². The van der Waals surface area contributed by atoms with E-state index in [1.807, 2.05) is 6.92 Å². The maximum atomic E-state index is 11.3. The molecule has 0 spiro atoms. The van der Waals surface area contributed by atoms with Gasteiger partial charge in [0.25, 0.3) is 0 Å². The summed E-state index contributed by atoms with van der Waals surface area (Å²) in [4.78, 5) is 13.0. The fourth-order valence-electron chi connectivity index (χ4n) is 1.12. The van der Waals surface area contributed by atoms with Crippen LogP contribution in [0.1, 0.15) is 6.92 Å². The van der Waals surface area contributed by atoms with Gasteiger partial charge in [-0.15, -0.1) is 6.58 Å². The average Bonchev–Trinajstić information content (AvgIpc) is 2.31. The monoisotopic (exact) mass is 227 g/mol. The third-order valence-electron chi connectivity index (χ3n) is 1.92. The van der Waals surface area contributed by atoms with E-state index in [4.69, 9.17) is 9.47 Å². The first-order valence-corrected chi connectivity index (χ1v) is 5.44. The summed E-state index contributed by atoms with van der Waals surface area (Å²) < 4.78 is 10.4. The van der Waals surface area contributed by atoms with Crippen molar-refractivity contribution in [3.8, 4) is 0 Å². The lowest BCUT2D eigenvalue weighted by molar-refractivity contribution is -0.126. The molecular weight excluding hydrogens is 206 g/mol. The molecule has 4 nitrogen and oxygen atoms in total. The summed E-state index contributed by atoms with van der Waals surface area (Å²) in [5.74, 6) is -0.103. The molecule has 4 heteroatoms. The SMILES string of the molecule is C=CCN(CCOCCOCC)C(=O)C=C. The van der Waals surface area contributed by atoms with E-state index >= 15 is 0 Å². The summed E-state index contributed by atoms with van der Waals surface area (Å²) in [6.45, 7) is 12.4. The Bertz CT molecular complexity index is 216. The lowest BCUT2D eigenvalue weighted by Gasteiger charge is -2.19. The van der Waals surface area contributed by atoms with Gasteiger partial charge >= 0.3 is 0 Å². The van der Waals surface area contributed by atoms with Gasteiger partial charge in [0.15, 0.2) is 0 Å². The van der Waals surface area contributed by atoms with Gasteiger partial charge in [0, 0.05) is 19.7 Å². The molecule has 92 valence electrons.